The molecule has 0 aliphatic carbocycles. The normalized spacial score (nSPS) is 12.9. The minimum absolute atomic E-state index is 0.226. The van der Waals surface area contributed by atoms with Gasteiger partial charge in [-0.2, -0.15) is 0 Å². The van der Waals surface area contributed by atoms with Crippen molar-refractivity contribution >= 4 is 0 Å². The van der Waals surface area contributed by atoms with Crippen LogP contribution in [0.25, 0.3) is 0 Å². The van der Waals surface area contributed by atoms with Crippen molar-refractivity contribution in [2.24, 2.45) is 5.92 Å². The number of nitrogens with one attached hydrogen (secondary N) is 1. The van der Waals surface area contributed by atoms with Crippen LogP contribution in [-0.4, -0.2) is 6.54 Å². The van der Waals surface area contributed by atoms with E-state index in [-0.39, 0.29) is 11.6 Å². The lowest BCUT2D eigenvalue weighted by atomic mass is 9.90. The summed E-state index contributed by atoms with van der Waals surface area (Å²) in [7, 11) is 0. The van der Waals surface area contributed by atoms with Crippen LogP contribution in [0.2, 0.25) is 0 Å². The van der Waals surface area contributed by atoms with E-state index in [9.17, 15) is 13.2 Å². The summed E-state index contributed by atoms with van der Waals surface area (Å²) in [5.41, 5.74) is 0.226. The Balaban J connectivity index is 3.00. The zero-order chi connectivity index (χ0) is 15.1. The van der Waals surface area contributed by atoms with Gasteiger partial charge in [-0.25, -0.2) is 13.2 Å². The SMILES string of the molecule is CCCNC(CC(CC)CC)c1ccc(F)c(F)c1F. The van der Waals surface area contributed by atoms with E-state index in [4.69, 9.17) is 0 Å². The van der Waals surface area contributed by atoms with Crippen molar-refractivity contribution in [1.29, 1.82) is 0 Å². The topological polar surface area (TPSA) is 12.0 Å². The molecule has 114 valence electrons. The molecule has 0 saturated carbocycles. The Kier molecular flexibility index (Phi) is 7.06. The number of benzene rings is 1. The van der Waals surface area contributed by atoms with Crippen LogP contribution in [-0.2, 0) is 0 Å². The minimum Gasteiger partial charge on any atom is -0.310 e. The molecule has 1 N–H and O–H groups in total. The molecule has 1 nitrogen and oxygen atoms in total. The van der Waals surface area contributed by atoms with Crippen LogP contribution >= 0.6 is 0 Å². The second kappa shape index (κ2) is 8.30. The van der Waals surface area contributed by atoms with Gasteiger partial charge < -0.3 is 5.32 Å². The van der Waals surface area contributed by atoms with Crippen molar-refractivity contribution in [2.45, 2.75) is 52.5 Å². The first-order valence-electron chi connectivity index (χ1n) is 7.41. The molecule has 1 aromatic carbocycles. The summed E-state index contributed by atoms with van der Waals surface area (Å²) in [6, 6.07) is 2.08. The lowest BCUT2D eigenvalue weighted by molar-refractivity contribution is 0.355. The molecule has 0 spiro atoms. The van der Waals surface area contributed by atoms with E-state index >= 15 is 0 Å². The van der Waals surface area contributed by atoms with Crippen molar-refractivity contribution in [3.05, 3.63) is 35.1 Å². The molecule has 1 unspecified atom stereocenters. The van der Waals surface area contributed by atoms with Crippen LogP contribution in [0, 0.1) is 23.4 Å². The molecule has 1 atom stereocenters. The third-order valence-corrected chi connectivity index (χ3v) is 3.80. The van der Waals surface area contributed by atoms with Crippen molar-refractivity contribution in [1.82, 2.24) is 5.32 Å². The predicted molar refractivity (Wildman–Crippen MR) is 76.0 cm³/mol. The maximum atomic E-state index is 13.9. The Morgan fingerprint density at radius 3 is 2.20 bits per heavy atom. The highest BCUT2D eigenvalue weighted by Gasteiger charge is 2.22. The third kappa shape index (κ3) is 4.23. The molecule has 0 radical (unpaired) electrons. The lowest BCUT2D eigenvalue weighted by Gasteiger charge is -2.24. The molecule has 0 aliphatic heterocycles. The highest BCUT2D eigenvalue weighted by Crippen LogP contribution is 2.28. The molecule has 0 saturated heterocycles. The summed E-state index contributed by atoms with van der Waals surface area (Å²) in [6.45, 7) is 6.92. The van der Waals surface area contributed by atoms with Crippen LogP contribution in [0.15, 0.2) is 12.1 Å². The van der Waals surface area contributed by atoms with Gasteiger partial charge in [0.25, 0.3) is 0 Å². The second-order valence-corrected chi connectivity index (χ2v) is 5.19. The molecule has 0 bridgehead atoms. The summed E-state index contributed by atoms with van der Waals surface area (Å²) in [4.78, 5) is 0. The van der Waals surface area contributed by atoms with E-state index < -0.39 is 17.5 Å². The second-order valence-electron chi connectivity index (χ2n) is 5.19. The molecular formula is C16H24F3N. The third-order valence-electron chi connectivity index (χ3n) is 3.80. The van der Waals surface area contributed by atoms with Gasteiger partial charge in [0, 0.05) is 11.6 Å². The van der Waals surface area contributed by atoms with E-state index in [1.165, 1.54) is 6.07 Å². The number of rotatable bonds is 8. The summed E-state index contributed by atoms with van der Waals surface area (Å²) in [5.74, 6) is -3.14. The molecule has 1 aromatic rings. The molecule has 4 heteroatoms. The summed E-state index contributed by atoms with van der Waals surface area (Å²) < 4.78 is 40.4. The van der Waals surface area contributed by atoms with Crippen molar-refractivity contribution < 1.29 is 13.2 Å². The lowest BCUT2D eigenvalue weighted by Crippen LogP contribution is -2.25. The molecule has 1 rings (SSSR count). The molecular weight excluding hydrogens is 263 g/mol. The largest absolute Gasteiger partial charge is 0.310 e. The first kappa shape index (κ1) is 17.0. The van der Waals surface area contributed by atoms with Gasteiger partial charge in [-0.3, -0.25) is 0 Å². The highest BCUT2D eigenvalue weighted by molar-refractivity contribution is 5.23. The first-order chi connectivity index (χ1) is 9.54. The summed E-state index contributed by atoms with van der Waals surface area (Å²) in [5, 5.41) is 3.24. The monoisotopic (exact) mass is 287 g/mol. The standard InChI is InChI=1S/C16H24F3N/c1-4-9-20-14(10-11(5-2)6-3)12-7-8-13(17)16(19)15(12)18/h7-8,11,14,20H,4-6,9-10H2,1-3H3. The fourth-order valence-electron chi connectivity index (χ4n) is 2.40. The molecule has 20 heavy (non-hydrogen) atoms. The van der Waals surface area contributed by atoms with Gasteiger partial charge in [-0.15, -0.1) is 0 Å². The average Bonchev–Trinajstić information content (AvgIpc) is 2.46. The quantitative estimate of drug-likeness (QED) is 0.666. The molecule has 0 heterocycles. The van der Waals surface area contributed by atoms with E-state index in [0.717, 1.165) is 38.3 Å². The average molecular weight is 287 g/mol. The summed E-state index contributed by atoms with van der Waals surface area (Å²) >= 11 is 0. The van der Waals surface area contributed by atoms with Crippen LogP contribution in [0.3, 0.4) is 0 Å². The minimum atomic E-state index is -1.38. The van der Waals surface area contributed by atoms with E-state index in [1.807, 2.05) is 6.92 Å². The fourth-order valence-corrected chi connectivity index (χ4v) is 2.40. The van der Waals surface area contributed by atoms with Gasteiger partial charge in [-0.1, -0.05) is 39.7 Å². The highest BCUT2D eigenvalue weighted by atomic mass is 19.2. The van der Waals surface area contributed by atoms with Gasteiger partial charge in [0.2, 0.25) is 0 Å². The Bertz CT molecular complexity index is 416. The van der Waals surface area contributed by atoms with Crippen LogP contribution in [0.4, 0.5) is 13.2 Å². The van der Waals surface area contributed by atoms with Gasteiger partial charge in [0.05, 0.1) is 0 Å². The Labute approximate surface area is 119 Å². The van der Waals surface area contributed by atoms with Gasteiger partial charge in [0.1, 0.15) is 0 Å². The van der Waals surface area contributed by atoms with Crippen LogP contribution < -0.4 is 5.32 Å². The van der Waals surface area contributed by atoms with Crippen LogP contribution in [0.5, 0.6) is 0 Å². The predicted octanol–water partition coefficient (Wildman–Crippen LogP) is 4.97. The molecule has 0 fully saturated rings. The first-order valence-corrected chi connectivity index (χ1v) is 7.41. The van der Waals surface area contributed by atoms with E-state index in [1.54, 1.807) is 0 Å². The van der Waals surface area contributed by atoms with Crippen molar-refractivity contribution in [3.8, 4) is 0 Å². The zero-order valence-corrected chi connectivity index (χ0v) is 12.5. The van der Waals surface area contributed by atoms with Gasteiger partial charge in [-0.05, 0) is 31.4 Å². The maximum absolute atomic E-state index is 13.9. The van der Waals surface area contributed by atoms with Gasteiger partial charge >= 0.3 is 0 Å². The number of hydrogen-bond donors (Lipinski definition) is 1. The number of hydrogen-bond acceptors (Lipinski definition) is 1. The molecule has 0 aliphatic rings. The molecule has 0 aromatic heterocycles. The summed E-state index contributed by atoms with van der Waals surface area (Å²) in [6.07, 6.45) is 3.62. The fraction of sp³-hybridized carbons (Fsp3) is 0.625. The Morgan fingerprint density at radius 2 is 1.65 bits per heavy atom. The van der Waals surface area contributed by atoms with E-state index in [0.29, 0.717) is 5.92 Å². The zero-order valence-electron chi connectivity index (χ0n) is 12.5. The van der Waals surface area contributed by atoms with Crippen molar-refractivity contribution in [3.63, 3.8) is 0 Å². The van der Waals surface area contributed by atoms with Gasteiger partial charge in [0.15, 0.2) is 17.5 Å². The molecule has 0 amide bonds. The van der Waals surface area contributed by atoms with Crippen LogP contribution in [0.1, 0.15) is 58.1 Å². The Hall–Kier alpha value is -1.03. The van der Waals surface area contributed by atoms with E-state index in [2.05, 4.69) is 19.2 Å². The smallest absolute Gasteiger partial charge is 0.194 e. The number of halogens is 3. The maximum Gasteiger partial charge on any atom is 0.194 e. The van der Waals surface area contributed by atoms with Crippen molar-refractivity contribution in [2.75, 3.05) is 6.54 Å². The Morgan fingerprint density at radius 1 is 1.00 bits per heavy atom.